The van der Waals surface area contributed by atoms with Gasteiger partial charge in [-0.25, -0.2) is 0 Å². The molecule has 0 heterocycles. The fraction of sp³-hybridized carbons (Fsp3) is 0.143. The summed E-state index contributed by atoms with van der Waals surface area (Å²) in [7, 11) is 0. The first-order valence-electron chi connectivity index (χ1n) is 7.48. The minimum absolute atomic E-state index is 1.31. The molecular weight excluding hydrogens is 252 g/mol. The van der Waals surface area contributed by atoms with Crippen molar-refractivity contribution >= 4 is 32.3 Å². The number of aryl methyl sites for hydroxylation is 2. The zero-order valence-corrected chi connectivity index (χ0v) is 12.7. The molecule has 0 atom stereocenters. The highest BCUT2D eigenvalue weighted by Gasteiger charge is 2.08. The third kappa shape index (κ3) is 1.69. The van der Waals surface area contributed by atoms with E-state index >= 15 is 0 Å². The average molecular weight is 270 g/mol. The summed E-state index contributed by atoms with van der Waals surface area (Å²) in [6.07, 6.45) is 0. The summed E-state index contributed by atoms with van der Waals surface area (Å²) in [6, 6.07) is 20.0. The first-order chi connectivity index (χ1) is 10.2. The highest BCUT2D eigenvalue weighted by Crippen LogP contribution is 2.34. The Bertz CT molecular complexity index is 1010. The Morgan fingerprint density at radius 1 is 0.524 bits per heavy atom. The highest BCUT2D eigenvalue weighted by molar-refractivity contribution is 6.17. The van der Waals surface area contributed by atoms with Crippen LogP contribution < -0.4 is 0 Å². The minimum Gasteiger partial charge on any atom is -0.0616 e. The van der Waals surface area contributed by atoms with Gasteiger partial charge in [0.25, 0.3) is 0 Å². The monoisotopic (exact) mass is 270 g/mol. The van der Waals surface area contributed by atoms with Crippen LogP contribution in [0.4, 0.5) is 0 Å². The molecule has 102 valence electrons. The summed E-state index contributed by atoms with van der Waals surface area (Å²) in [5.74, 6) is 0. The van der Waals surface area contributed by atoms with Gasteiger partial charge in [-0.1, -0.05) is 54.6 Å². The van der Waals surface area contributed by atoms with E-state index < -0.39 is 0 Å². The third-order valence-corrected chi connectivity index (χ3v) is 4.89. The molecule has 0 spiro atoms. The molecule has 0 aromatic heterocycles. The molecule has 4 rings (SSSR count). The molecule has 0 aliphatic rings. The van der Waals surface area contributed by atoms with Gasteiger partial charge >= 0.3 is 0 Å². The van der Waals surface area contributed by atoms with Crippen LogP contribution in [0.5, 0.6) is 0 Å². The number of fused-ring (bicyclic) bond motifs is 5. The van der Waals surface area contributed by atoms with Gasteiger partial charge in [-0.3, -0.25) is 0 Å². The van der Waals surface area contributed by atoms with Gasteiger partial charge in [0.05, 0.1) is 0 Å². The molecule has 0 saturated heterocycles. The Hall–Kier alpha value is -2.34. The topological polar surface area (TPSA) is 0 Å². The van der Waals surface area contributed by atoms with Crippen LogP contribution in [-0.2, 0) is 0 Å². The van der Waals surface area contributed by atoms with Crippen molar-refractivity contribution < 1.29 is 0 Å². The fourth-order valence-electron chi connectivity index (χ4n) is 3.42. The van der Waals surface area contributed by atoms with E-state index in [0.717, 1.165) is 0 Å². The lowest BCUT2D eigenvalue weighted by atomic mass is 9.91. The second-order valence-corrected chi connectivity index (χ2v) is 5.99. The van der Waals surface area contributed by atoms with Gasteiger partial charge in [-0.2, -0.15) is 0 Å². The molecular formula is C21H18. The predicted octanol–water partition coefficient (Wildman–Crippen LogP) is 6.07. The molecule has 0 radical (unpaired) electrons. The van der Waals surface area contributed by atoms with E-state index in [-0.39, 0.29) is 0 Å². The van der Waals surface area contributed by atoms with Gasteiger partial charge in [-0.05, 0) is 69.8 Å². The first kappa shape index (κ1) is 12.4. The number of hydrogen-bond acceptors (Lipinski definition) is 0. The van der Waals surface area contributed by atoms with E-state index in [1.165, 1.54) is 49.0 Å². The zero-order valence-electron chi connectivity index (χ0n) is 12.7. The molecule has 4 aromatic rings. The normalized spacial score (nSPS) is 11.6. The molecule has 0 N–H and O–H groups in total. The van der Waals surface area contributed by atoms with Crippen LogP contribution in [-0.4, -0.2) is 0 Å². The molecule has 0 unspecified atom stereocenters. The van der Waals surface area contributed by atoms with E-state index in [0.29, 0.717) is 0 Å². The summed E-state index contributed by atoms with van der Waals surface area (Å²) >= 11 is 0. The maximum atomic E-state index is 2.34. The Labute approximate surface area is 125 Å². The van der Waals surface area contributed by atoms with Crippen molar-refractivity contribution in [3.63, 3.8) is 0 Å². The molecule has 0 heteroatoms. The summed E-state index contributed by atoms with van der Waals surface area (Å²) in [5, 5.41) is 8.11. The highest BCUT2D eigenvalue weighted by atomic mass is 14.1. The van der Waals surface area contributed by atoms with Gasteiger partial charge in [0, 0.05) is 0 Å². The number of benzene rings is 4. The minimum atomic E-state index is 1.31. The van der Waals surface area contributed by atoms with Crippen molar-refractivity contribution in [2.45, 2.75) is 20.8 Å². The van der Waals surface area contributed by atoms with Gasteiger partial charge in [0.15, 0.2) is 0 Å². The van der Waals surface area contributed by atoms with Crippen LogP contribution in [0.1, 0.15) is 16.7 Å². The Kier molecular flexibility index (Phi) is 2.56. The summed E-state index contributed by atoms with van der Waals surface area (Å²) in [5.41, 5.74) is 4.18. The molecule has 0 nitrogen and oxygen atoms in total. The zero-order chi connectivity index (χ0) is 14.6. The standard InChI is InChI=1S/C21H18/c1-13-12-21-17(15(3)14(13)2)10-11-19-18-7-5-4-6-16(18)8-9-20(19)21/h4-12H,1-3H3. The number of hydrogen-bond donors (Lipinski definition) is 0. The first-order valence-corrected chi connectivity index (χ1v) is 7.48. The van der Waals surface area contributed by atoms with Crippen molar-refractivity contribution in [3.05, 3.63) is 71.3 Å². The fourth-order valence-corrected chi connectivity index (χ4v) is 3.42. The van der Waals surface area contributed by atoms with E-state index in [1.807, 2.05) is 0 Å². The smallest absolute Gasteiger partial charge is 0.00988 e. The largest absolute Gasteiger partial charge is 0.0616 e. The second kappa shape index (κ2) is 4.33. The lowest BCUT2D eigenvalue weighted by Crippen LogP contribution is -1.90. The summed E-state index contributed by atoms with van der Waals surface area (Å²) in [4.78, 5) is 0. The van der Waals surface area contributed by atoms with Crippen molar-refractivity contribution in [2.24, 2.45) is 0 Å². The lowest BCUT2D eigenvalue weighted by molar-refractivity contribution is 1.30. The van der Waals surface area contributed by atoms with E-state index in [9.17, 15) is 0 Å². The summed E-state index contributed by atoms with van der Waals surface area (Å²) in [6.45, 7) is 6.66. The van der Waals surface area contributed by atoms with Gasteiger partial charge < -0.3 is 0 Å². The van der Waals surface area contributed by atoms with E-state index in [4.69, 9.17) is 0 Å². The van der Waals surface area contributed by atoms with Gasteiger partial charge in [0.2, 0.25) is 0 Å². The maximum absolute atomic E-state index is 2.34. The van der Waals surface area contributed by atoms with Crippen LogP contribution in [0.2, 0.25) is 0 Å². The molecule has 0 amide bonds. The quantitative estimate of drug-likeness (QED) is 0.340. The Morgan fingerprint density at radius 3 is 2.05 bits per heavy atom. The molecule has 0 aliphatic heterocycles. The van der Waals surface area contributed by atoms with Crippen LogP contribution in [0.15, 0.2) is 54.6 Å². The van der Waals surface area contributed by atoms with Crippen molar-refractivity contribution in [3.8, 4) is 0 Å². The van der Waals surface area contributed by atoms with E-state index in [2.05, 4.69) is 75.4 Å². The van der Waals surface area contributed by atoms with E-state index in [1.54, 1.807) is 0 Å². The van der Waals surface area contributed by atoms with Gasteiger partial charge in [-0.15, -0.1) is 0 Å². The summed E-state index contributed by atoms with van der Waals surface area (Å²) < 4.78 is 0. The van der Waals surface area contributed by atoms with Crippen LogP contribution in [0, 0.1) is 20.8 Å². The van der Waals surface area contributed by atoms with Crippen LogP contribution >= 0.6 is 0 Å². The second-order valence-electron chi connectivity index (χ2n) is 5.99. The average Bonchev–Trinajstić information content (AvgIpc) is 2.52. The molecule has 21 heavy (non-hydrogen) atoms. The van der Waals surface area contributed by atoms with Crippen molar-refractivity contribution in [2.75, 3.05) is 0 Å². The Morgan fingerprint density at radius 2 is 1.19 bits per heavy atom. The van der Waals surface area contributed by atoms with Crippen molar-refractivity contribution in [1.82, 2.24) is 0 Å². The number of rotatable bonds is 0. The lowest BCUT2D eigenvalue weighted by Gasteiger charge is -2.13. The van der Waals surface area contributed by atoms with Gasteiger partial charge in [0.1, 0.15) is 0 Å². The molecule has 0 aliphatic carbocycles. The van der Waals surface area contributed by atoms with Crippen LogP contribution in [0.3, 0.4) is 0 Å². The molecule has 4 aromatic carbocycles. The molecule has 0 saturated carbocycles. The molecule has 0 bridgehead atoms. The maximum Gasteiger partial charge on any atom is -0.00988 e. The molecule has 0 fully saturated rings. The third-order valence-electron chi connectivity index (χ3n) is 4.89. The van der Waals surface area contributed by atoms with Crippen molar-refractivity contribution in [1.29, 1.82) is 0 Å². The van der Waals surface area contributed by atoms with Crippen LogP contribution in [0.25, 0.3) is 32.3 Å². The SMILES string of the molecule is Cc1cc2c(ccc3c4ccccc4ccc23)c(C)c1C. The predicted molar refractivity (Wildman–Crippen MR) is 93.2 cm³/mol. The Balaban J connectivity index is 2.27.